The Bertz CT molecular complexity index is 1070. The summed E-state index contributed by atoms with van der Waals surface area (Å²) in [5, 5.41) is 10.4. The summed E-state index contributed by atoms with van der Waals surface area (Å²) in [6, 6.07) is 8.74. The van der Waals surface area contributed by atoms with E-state index in [1.165, 1.54) is 12.1 Å². The molecule has 3 aromatic rings. The maximum absolute atomic E-state index is 13.0. The number of benzene rings is 2. The van der Waals surface area contributed by atoms with Gasteiger partial charge in [-0.25, -0.2) is 0 Å². The Labute approximate surface area is 158 Å². The van der Waals surface area contributed by atoms with Gasteiger partial charge in [0.15, 0.2) is 0 Å². The molecule has 1 aliphatic heterocycles. The number of carbonyl (C=O) groups excluding carboxylic acids is 1. The molecule has 1 amide bonds. The third-order valence-corrected chi connectivity index (χ3v) is 4.55. The molecule has 0 unspecified atom stereocenters. The molecule has 0 radical (unpaired) electrons. The number of amides is 1. The standard InChI is InChI=1S/C20H16F3N3O2/c21-20(22,23)13-6-7-14-12(3-2-8-28-18(14)10-13)9-19(27)25-16-4-1-5-17-15(16)11-24-26-17/h1,4-7,9-11H,2-3,8H2,(H,24,26)(H,25,27)/b12-9+. The number of aromatic amines is 1. The van der Waals surface area contributed by atoms with Crippen LogP contribution in [0.4, 0.5) is 18.9 Å². The number of hydrogen-bond acceptors (Lipinski definition) is 3. The fourth-order valence-corrected chi connectivity index (χ4v) is 3.22. The van der Waals surface area contributed by atoms with Gasteiger partial charge in [0, 0.05) is 17.0 Å². The molecule has 4 rings (SSSR count). The van der Waals surface area contributed by atoms with E-state index in [4.69, 9.17) is 4.74 Å². The number of alkyl halides is 3. The SMILES string of the molecule is O=C(/C=C1\CCCOc2cc(C(F)(F)F)ccc21)Nc1cccc2[nH]ncc12. The maximum atomic E-state index is 13.0. The molecule has 0 bridgehead atoms. The van der Waals surface area contributed by atoms with Crippen molar-refractivity contribution in [2.45, 2.75) is 19.0 Å². The molecule has 2 aromatic carbocycles. The van der Waals surface area contributed by atoms with Gasteiger partial charge in [0.1, 0.15) is 5.75 Å². The average molecular weight is 387 g/mol. The van der Waals surface area contributed by atoms with Crippen molar-refractivity contribution in [3.05, 3.63) is 59.8 Å². The van der Waals surface area contributed by atoms with Gasteiger partial charge in [-0.15, -0.1) is 0 Å². The molecule has 8 heteroatoms. The van der Waals surface area contributed by atoms with Gasteiger partial charge in [0.2, 0.25) is 5.91 Å². The number of aromatic nitrogens is 2. The predicted octanol–water partition coefficient (Wildman–Crippen LogP) is 4.78. The van der Waals surface area contributed by atoms with Gasteiger partial charge in [-0.2, -0.15) is 18.3 Å². The van der Waals surface area contributed by atoms with Gasteiger partial charge in [0.25, 0.3) is 0 Å². The summed E-state index contributed by atoms with van der Waals surface area (Å²) in [6.45, 7) is 0.293. The van der Waals surface area contributed by atoms with E-state index in [2.05, 4.69) is 15.5 Å². The van der Waals surface area contributed by atoms with Gasteiger partial charge >= 0.3 is 6.18 Å². The van der Waals surface area contributed by atoms with E-state index in [1.807, 2.05) is 6.07 Å². The molecule has 5 nitrogen and oxygen atoms in total. The Morgan fingerprint density at radius 2 is 2.11 bits per heavy atom. The lowest BCUT2D eigenvalue weighted by Crippen LogP contribution is -2.09. The van der Waals surface area contributed by atoms with Crippen LogP contribution in [0.25, 0.3) is 16.5 Å². The van der Waals surface area contributed by atoms with Crippen LogP contribution in [0.2, 0.25) is 0 Å². The summed E-state index contributed by atoms with van der Waals surface area (Å²) < 4.78 is 44.4. The van der Waals surface area contributed by atoms with Crippen LogP contribution < -0.4 is 10.1 Å². The van der Waals surface area contributed by atoms with Crippen LogP contribution in [-0.2, 0) is 11.0 Å². The van der Waals surface area contributed by atoms with E-state index in [-0.39, 0.29) is 11.7 Å². The zero-order chi connectivity index (χ0) is 19.7. The molecule has 0 atom stereocenters. The zero-order valence-corrected chi connectivity index (χ0v) is 14.6. The highest BCUT2D eigenvalue weighted by atomic mass is 19.4. The van der Waals surface area contributed by atoms with Crippen LogP contribution in [0.1, 0.15) is 24.0 Å². The van der Waals surface area contributed by atoms with E-state index in [0.717, 1.165) is 23.0 Å². The first kappa shape index (κ1) is 18.1. The van der Waals surface area contributed by atoms with Gasteiger partial charge < -0.3 is 10.1 Å². The summed E-state index contributed by atoms with van der Waals surface area (Å²) in [4.78, 5) is 12.6. The fourth-order valence-electron chi connectivity index (χ4n) is 3.22. The van der Waals surface area contributed by atoms with E-state index in [9.17, 15) is 18.0 Å². The van der Waals surface area contributed by atoms with Crippen molar-refractivity contribution < 1.29 is 22.7 Å². The summed E-state index contributed by atoms with van der Waals surface area (Å²) >= 11 is 0. The van der Waals surface area contributed by atoms with E-state index in [0.29, 0.717) is 36.3 Å². The minimum Gasteiger partial charge on any atom is -0.493 e. The second-order valence-electron chi connectivity index (χ2n) is 6.46. The lowest BCUT2D eigenvalue weighted by Gasteiger charge is -2.13. The molecule has 0 saturated carbocycles. The highest BCUT2D eigenvalue weighted by Gasteiger charge is 2.32. The van der Waals surface area contributed by atoms with Crippen LogP contribution in [0, 0.1) is 0 Å². The molecule has 0 spiro atoms. The second-order valence-corrected chi connectivity index (χ2v) is 6.46. The Kier molecular flexibility index (Phi) is 4.54. The first-order valence-corrected chi connectivity index (χ1v) is 8.70. The number of nitrogens with one attached hydrogen (secondary N) is 2. The number of fused-ring (bicyclic) bond motifs is 2. The van der Waals surface area contributed by atoms with Crippen molar-refractivity contribution in [3.8, 4) is 5.75 Å². The van der Waals surface area contributed by atoms with Crippen LogP contribution in [0.5, 0.6) is 5.75 Å². The zero-order valence-electron chi connectivity index (χ0n) is 14.6. The highest BCUT2D eigenvalue weighted by molar-refractivity contribution is 6.08. The maximum Gasteiger partial charge on any atom is 0.416 e. The van der Waals surface area contributed by atoms with Crippen LogP contribution in [-0.4, -0.2) is 22.7 Å². The molecule has 2 N–H and O–H groups in total. The number of hydrogen-bond donors (Lipinski definition) is 2. The molecule has 0 saturated heterocycles. The van der Waals surface area contributed by atoms with Gasteiger partial charge in [-0.3, -0.25) is 9.89 Å². The van der Waals surface area contributed by atoms with E-state index in [1.54, 1.807) is 18.3 Å². The Hall–Kier alpha value is -3.29. The molecule has 1 aliphatic rings. The number of H-pyrrole nitrogens is 1. The second kappa shape index (κ2) is 7.03. The molecular formula is C20H16F3N3O2. The third-order valence-electron chi connectivity index (χ3n) is 4.55. The highest BCUT2D eigenvalue weighted by Crippen LogP contribution is 2.38. The van der Waals surface area contributed by atoms with Crippen molar-refractivity contribution in [1.29, 1.82) is 0 Å². The van der Waals surface area contributed by atoms with E-state index < -0.39 is 11.7 Å². The minimum absolute atomic E-state index is 0.142. The smallest absolute Gasteiger partial charge is 0.416 e. The quantitative estimate of drug-likeness (QED) is 0.622. The number of rotatable bonds is 2. The first-order valence-electron chi connectivity index (χ1n) is 8.70. The van der Waals surface area contributed by atoms with Gasteiger partial charge in [-0.1, -0.05) is 12.1 Å². The van der Waals surface area contributed by atoms with Gasteiger partial charge in [0.05, 0.1) is 29.6 Å². The normalized spacial score (nSPS) is 15.8. The van der Waals surface area contributed by atoms with Crippen molar-refractivity contribution in [2.75, 3.05) is 11.9 Å². The first-order chi connectivity index (χ1) is 13.4. The van der Waals surface area contributed by atoms with Crippen molar-refractivity contribution >= 4 is 28.1 Å². The van der Waals surface area contributed by atoms with Crippen LogP contribution >= 0.6 is 0 Å². The molecule has 0 fully saturated rings. The lowest BCUT2D eigenvalue weighted by atomic mass is 9.99. The molecule has 144 valence electrons. The monoisotopic (exact) mass is 387 g/mol. The van der Waals surface area contributed by atoms with Crippen LogP contribution in [0.15, 0.2) is 48.7 Å². The Morgan fingerprint density at radius 1 is 1.25 bits per heavy atom. The Morgan fingerprint density at radius 3 is 2.93 bits per heavy atom. The summed E-state index contributed by atoms with van der Waals surface area (Å²) in [5.41, 5.74) is 1.76. The number of ether oxygens (including phenoxy) is 1. The van der Waals surface area contributed by atoms with Crippen molar-refractivity contribution in [2.24, 2.45) is 0 Å². The molecule has 28 heavy (non-hydrogen) atoms. The lowest BCUT2D eigenvalue weighted by molar-refractivity contribution is -0.137. The minimum atomic E-state index is -4.45. The van der Waals surface area contributed by atoms with Crippen molar-refractivity contribution in [1.82, 2.24) is 10.2 Å². The number of carbonyl (C=O) groups is 1. The fraction of sp³-hybridized carbons (Fsp3) is 0.200. The number of nitrogens with zero attached hydrogens (tertiary/aromatic N) is 1. The van der Waals surface area contributed by atoms with Crippen molar-refractivity contribution in [3.63, 3.8) is 0 Å². The topological polar surface area (TPSA) is 67.0 Å². The number of allylic oxidation sites excluding steroid dienone is 1. The summed E-state index contributed by atoms with van der Waals surface area (Å²) in [5.74, 6) is -0.222. The summed E-state index contributed by atoms with van der Waals surface area (Å²) in [7, 11) is 0. The molecule has 1 aromatic heterocycles. The molecule has 2 heterocycles. The number of halogens is 3. The number of anilines is 1. The van der Waals surface area contributed by atoms with E-state index >= 15 is 0 Å². The van der Waals surface area contributed by atoms with Crippen LogP contribution in [0.3, 0.4) is 0 Å². The largest absolute Gasteiger partial charge is 0.493 e. The average Bonchev–Trinajstić information content (AvgIpc) is 3.05. The van der Waals surface area contributed by atoms with Gasteiger partial charge in [-0.05, 0) is 42.7 Å². The summed E-state index contributed by atoms with van der Waals surface area (Å²) in [6.07, 6.45) is -0.283. The Balaban J connectivity index is 1.64. The molecular weight excluding hydrogens is 371 g/mol. The third kappa shape index (κ3) is 3.58. The molecule has 0 aliphatic carbocycles. The predicted molar refractivity (Wildman–Crippen MR) is 98.9 cm³/mol.